The molecule has 0 saturated carbocycles. The lowest BCUT2D eigenvalue weighted by Crippen LogP contribution is -2.13. The Balaban J connectivity index is 2.51. The van der Waals surface area contributed by atoms with Crippen LogP contribution < -0.4 is 0 Å². The molecule has 0 radical (unpaired) electrons. The van der Waals surface area contributed by atoms with Crippen molar-refractivity contribution in [1.82, 2.24) is 8.75 Å². The molecule has 0 spiro atoms. The first-order valence-corrected chi connectivity index (χ1v) is 7.78. The summed E-state index contributed by atoms with van der Waals surface area (Å²) in [5.41, 5.74) is 6.35. The Morgan fingerprint density at radius 2 is 1.58 bits per heavy atom. The van der Waals surface area contributed by atoms with E-state index in [1.165, 1.54) is 34.2 Å². The molecule has 100 valence electrons. The highest BCUT2D eigenvalue weighted by Gasteiger charge is 2.31. The van der Waals surface area contributed by atoms with Gasteiger partial charge in [-0.3, -0.25) is 0 Å². The van der Waals surface area contributed by atoms with Crippen molar-refractivity contribution >= 4 is 45.5 Å². The molecule has 6 heteroatoms. The topological polar surface area (TPSA) is 50.5 Å². The highest BCUT2D eigenvalue weighted by Crippen LogP contribution is 2.49. The van der Waals surface area contributed by atoms with Crippen LogP contribution in [0.3, 0.4) is 0 Å². The lowest BCUT2D eigenvalue weighted by Gasteiger charge is -2.23. The van der Waals surface area contributed by atoms with E-state index in [4.69, 9.17) is 0 Å². The molecule has 0 saturated heterocycles. The summed E-state index contributed by atoms with van der Waals surface area (Å²) in [6.45, 7) is 10.9. The molecule has 4 nitrogen and oxygen atoms in total. The van der Waals surface area contributed by atoms with Gasteiger partial charge < -0.3 is 0 Å². The van der Waals surface area contributed by atoms with Crippen LogP contribution in [0.5, 0.6) is 0 Å². The van der Waals surface area contributed by atoms with E-state index in [-0.39, 0.29) is 5.41 Å². The van der Waals surface area contributed by atoms with Crippen LogP contribution in [0, 0.1) is 0 Å². The first-order valence-electron chi connectivity index (χ1n) is 6.32. The molecular weight excluding hydrogens is 276 g/mol. The van der Waals surface area contributed by atoms with E-state index in [1.807, 2.05) is 0 Å². The standard InChI is InChI=1S/C13H16N4S2/c1-6(2)7-9-11(16-18-14-9)8(13(3,4)5)12-10(7)15-19-17-12/h6H,1-5H3. The maximum Gasteiger partial charge on any atom is 0.111 e. The molecule has 0 aliphatic carbocycles. The maximum absolute atomic E-state index is 4.53. The van der Waals surface area contributed by atoms with Crippen LogP contribution in [0.4, 0.5) is 11.4 Å². The van der Waals surface area contributed by atoms with Gasteiger partial charge >= 0.3 is 0 Å². The van der Waals surface area contributed by atoms with Gasteiger partial charge in [-0.1, -0.05) is 34.6 Å². The number of hydrogen-bond acceptors (Lipinski definition) is 5. The van der Waals surface area contributed by atoms with Gasteiger partial charge in [-0.15, -0.1) is 0 Å². The van der Waals surface area contributed by atoms with Crippen molar-refractivity contribution in [1.29, 1.82) is 0 Å². The van der Waals surface area contributed by atoms with E-state index in [9.17, 15) is 0 Å². The molecule has 1 aromatic carbocycles. The van der Waals surface area contributed by atoms with Crippen LogP contribution in [-0.2, 0) is 16.8 Å². The number of rotatable bonds is 1. The monoisotopic (exact) mass is 292 g/mol. The highest BCUT2D eigenvalue weighted by atomic mass is 32.1. The van der Waals surface area contributed by atoms with Crippen molar-refractivity contribution in [2.75, 3.05) is 0 Å². The second-order valence-electron chi connectivity index (χ2n) is 6.12. The largest absolute Gasteiger partial charge is 0.173 e. The fourth-order valence-electron chi connectivity index (χ4n) is 2.54. The molecule has 2 heterocycles. The SMILES string of the molecule is CC(C)c1c2c(c(C(C)(C)C)c3nsnc13)N=S=N2. The molecule has 1 aliphatic heterocycles. The minimum Gasteiger partial charge on any atom is -0.173 e. The molecule has 3 rings (SSSR count). The van der Waals surface area contributed by atoms with E-state index in [2.05, 4.69) is 52.1 Å². The van der Waals surface area contributed by atoms with Gasteiger partial charge in [0, 0.05) is 11.1 Å². The number of aromatic nitrogens is 2. The average Bonchev–Trinajstić information content (AvgIpc) is 2.89. The zero-order chi connectivity index (χ0) is 13.8. The van der Waals surface area contributed by atoms with Gasteiger partial charge in [0.1, 0.15) is 22.4 Å². The summed E-state index contributed by atoms with van der Waals surface area (Å²) in [6.07, 6.45) is 0. The third kappa shape index (κ3) is 1.85. The number of hydrogen-bond donors (Lipinski definition) is 0. The molecule has 2 aromatic rings. The minimum absolute atomic E-state index is 0.0164. The molecular formula is C13H16N4S2. The van der Waals surface area contributed by atoms with Crippen LogP contribution in [-0.4, -0.2) is 8.75 Å². The van der Waals surface area contributed by atoms with Crippen molar-refractivity contribution in [2.24, 2.45) is 8.73 Å². The third-order valence-corrected chi connectivity index (χ3v) is 4.35. The third-order valence-electron chi connectivity index (χ3n) is 3.29. The Bertz CT molecular complexity index is 731. The van der Waals surface area contributed by atoms with Crippen molar-refractivity contribution in [3.05, 3.63) is 11.1 Å². The number of benzene rings is 1. The quantitative estimate of drug-likeness (QED) is 0.644. The maximum atomic E-state index is 4.53. The molecule has 0 amide bonds. The van der Waals surface area contributed by atoms with Gasteiger partial charge in [0.05, 0.1) is 23.1 Å². The summed E-state index contributed by atoms with van der Waals surface area (Å²) >= 11 is 2.55. The Labute approximate surface area is 120 Å². The van der Waals surface area contributed by atoms with E-state index in [1.54, 1.807) is 0 Å². The summed E-state index contributed by atoms with van der Waals surface area (Å²) < 4.78 is 18.1. The first-order chi connectivity index (χ1) is 8.91. The minimum atomic E-state index is -0.0164. The Morgan fingerprint density at radius 1 is 0.947 bits per heavy atom. The van der Waals surface area contributed by atoms with Crippen molar-refractivity contribution in [3.8, 4) is 0 Å². The second kappa shape index (κ2) is 4.18. The molecule has 1 aliphatic rings. The van der Waals surface area contributed by atoms with E-state index >= 15 is 0 Å². The lowest BCUT2D eigenvalue weighted by molar-refractivity contribution is 0.596. The lowest BCUT2D eigenvalue weighted by atomic mass is 9.82. The molecule has 0 fully saturated rings. The van der Waals surface area contributed by atoms with E-state index in [0.717, 1.165) is 22.4 Å². The van der Waals surface area contributed by atoms with Gasteiger partial charge in [0.15, 0.2) is 0 Å². The van der Waals surface area contributed by atoms with Gasteiger partial charge in [-0.25, -0.2) is 0 Å². The molecule has 0 unspecified atom stereocenters. The molecule has 0 atom stereocenters. The molecule has 1 aromatic heterocycles. The Hall–Kier alpha value is -1.14. The van der Waals surface area contributed by atoms with Crippen molar-refractivity contribution in [3.63, 3.8) is 0 Å². The number of nitrogens with zero attached hydrogens (tertiary/aromatic N) is 4. The summed E-state index contributed by atoms with van der Waals surface area (Å²) in [7, 11) is 0. The van der Waals surface area contributed by atoms with Crippen LogP contribution in [0.15, 0.2) is 8.73 Å². The first kappa shape index (κ1) is 12.9. The molecule has 0 bridgehead atoms. The van der Waals surface area contributed by atoms with Crippen LogP contribution >= 0.6 is 11.7 Å². The van der Waals surface area contributed by atoms with Crippen LogP contribution in [0.2, 0.25) is 0 Å². The zero-order valence-corrected chi connectivity index (χ0v) is 13.3. The predicted octanol–water partition coefficient (Wildman–Crippen LogP) is 4.84. The Morgan fingerprint density at radius 3 is 2.21 bits per heavy atom. The zero-order valence-electron chi connectivity index (χ0n) is 11.7. The highest BCUT2D eigenvalue weighted by molar-refractivity contribution is 7.58. The van der Waals surface area contributed by atoms with Crippen LogP contribution in [0.1, 0.15) is 51.7 Å². The number of fused-ring (bicyclic) bond motifs is 2. The summed E-state index contributed by atoms with van der Waals surface area (Å²) in [6, 6.07) is 0. The van der Waals surface area contributed by atoms with Gasteiger partial charge in [0.25, 0.3) is 0 Å². The van der Waals surface area contributed by atoms with Gasteiger partial charge in [-0.05, 0) is 11.3 Å². The van der Waals surface area contributed by atoms with Crippen LogP contribution in [0.25, 0.3) is 11.0 Å². The Kier molecular flexibility index (Phi) is 2.83. The molecule has 19 heavy (non-hydrogen) atoms. The smallest absolute Gasteiger partial charge is 0.111 e. The fraction of sp³-hybridized carbons (Fsp3) is 0.538. The second-order valence-corrected chi connectivity index (χ2v) is 7.17. The average molecular weight is 292 g/mol. The van der Waals surface area contributed by atoms with E-state index in [0.29, 0.717) is 5.92 Å². The summed E-state index contributed by atoms with van der Waals surface area (Å²) in [4.78, 5) is 0. The predicted molar refractivity (Wildman–Crippen MR) is 81.7 cm³/mol. The van der Waals surface area contributed by atoms with Crippen molar-refractivity contribution < 1.29 is 0 Å². The summed E-state index contributed by atoms with van der Waals surface area (Å²) in [5, 5.41) is 0. The van der Waals surface area contributed by atoms with Gasteiger partial charge in [0.2, 0.25) is 0 Å². The summed E-state index contributed by atoms with van der Waals surface area (Å²) in [5.74, 6) is 0.367. The van der Waals surface area contributed by atoms with Crippen molar-refractivity contribution in [2.45, 2.75) is 46.0 Å². The van der Waals surface area contributed by atoms with E-state index < -0.39 is 0 Å². The normalized spacial score (nSPS) is 14.2. The molecule has 0 N–H and O–H groups in total. The fourth-order valence-corrected chi connectivity index (χ4v) is 3.67. The van der Waals surface area contributed by atoms with Gasteiger partial charge in [-0.2, -0.15) is 17.5 Å².